The van der Waals surface area contributed by atoms with Gasteiger partial charge in [0.15, 0.2) is 0 Å². The molecule has 0 radical (unpaired) electrons. The summed E-state index contributed by atoms with van der Waals surface area (Å²) in [6.45, 7) is 3.26. The Balaban J connectivity index is 1.53. The molecule has 0 aliphatic carbocycles. The van der Waals surface area contributed by atoms with Gasteiger partial charge in [-0.2, -0.15) is 0 Å². The monoisotopic (exact) mass is 547 g/mol. The number of ether oxygens (including phenoxy) is 2. The van der Waals surface area contributed by atoms with Crippen LogP contribution in [-0.4, -0.2) is 71.0 Å². The summed E-state index contributed by atoms with van der Waals surface area (Å²) in [7, 11) is -6.71. The molecule has 14 heteroatoms. The van der Waals surface area contributed by atoms with Crippen LogP contribution in [0.15, 0.2) is 64.5 Å². The molecule has 2 heterocycles. The lowest BCUT2D eigenvalue weighted by Crippen LogP contribution is -2.40. The van der Waals surface area contributed by atoms with E-state index in [0.29, 0.717) is 32.0 Å². The van der Waals surface area contributed by atoms with Gasteiger partial charge in [0.25, 0.3) is 26.0 Å². The third-order valence-electron chi connectivity index (χ3n) is 5.45. The van der Waals surface area contributed by atoms with Crippen LogP contribution in [0.5, 0.6) is 5.75 Å². The lowest BCUT2D eigenvalue weighted by atomic mass is 10.1. The van der Waals surface area contributed by atoms with Gasteiger partial charge in [-0.25, -0.2) is 31.5 Å². The van der Waals surface area contributed by atoms with Gasteiger partial charge in [-0.1, -0.05) is 0 Å². The van der Waals surface area contributed by atoms with E-state index in [-0.39, 0.29) is 38.6 Å². The Morgan fingerprint density at radius 2 is 1.59 bits per heavy atom. The highest BCUT2D eigenvalue weighted by Crippen LogP contribution is 2.26. The smallest absolute Gasteiger partial charge is 0.264 e. The van der Waals surface area contributed by atoms with E-state index in [0.717, 1.165) is 0 Å². The number of benzene rings is 2. The van der Waals surface area contributed by atoms with Crippen molar-refractivity contribution in [2.24, 2.45) is 0 Å². The normalized spacial score (nSPS) is 14.2. The molecule has 1 aliphatic heterocycles. The molecule has 1 aliphatic rings. The summed E-state index contributed by atoms with van der Waals surface area (Å²) in [4.78, 5) is 22.2. The molecule has 3 aromatic rings. The molecule has 0 bridgehead atoms. The average Bonchev–Trinajstić information content (AvgIpc) is 2.88. The van der Waals surface area contributed by atoms with E-state index in [4.69, 9.17) is 9.47 Å². The summed E-state index contributed by atoms with van der Waals surface area (Å²) in [6, 6.07) is 10.7. The zero-order chi connectivity index (χ0) is 26.6. The number of nitrogens with one attached hydrogen (secondary N) is 2. The molecule has 0 unspecified atom stereocenters. The molecule has 4 rings (SSSR count). The number of amides is 1. The maximum absolute atomic E-state index is 13.1. The predicted octanol–water partition coefficient (Wildman–Crippen LogP) is 1.87. The maximum Gasteiger partial charge on any atom is 0.264 e. The molecule has 196 valence electrons. The molecule has 2 N–H and O–H groups in total. The van der Waals surface area contributed by atoms with Crippen molar-refractivity contribution in [3.05, 3.63) is 66.0 Å². The van der Waals surface area contributed by atoms with Crippen LogP contribution in [0.3, 0.4) is 0 Å². The highest BCUT2D eigenvalue weighted by atomic mass is 32.2. The molecule has 12 nitrogen and oxygen atoms in total. The molecular formula is C23H25N5O7S2. The van der Waals surface area contributed by atoms with Crippen molar-refractivity contribution in [2.75, 3.05) is 42.9 Å². The largest absolute Gasteiger partial charge is 0.496 e. The zero-order valence-corrected chi connectivity index (χ0v) is 21.7. The fourth-order valence-corrected chi connectivity index (χ4v) is 5.59. The van der Waals surface area contributed by atoms with Crippen molar-refractivity contribution >= 4 is 37.6 Å². The SMILES string of the molecule is COc1ccc(S(=O)(=O)Nc2ccc(S(=O)(=O)Nc3nccc(C)n3)cc2)cc1C(=O)N1CCOCC1. The van der Waals surface area contributed by atoms with E-state index < -0.39 is 20.0 Å². The van der Waals surface area contributed by atoms with Gasteiger partial charge in [-0.05, 0) is 55.5 Å². The van der Waals surface area contributed by atoms with Gasteiger partial charge < -0.3 is 14.4 Å². The second kappa shape index (κ2) is 10.7. The number of morpholine rings is 1. The number of carbonyl (C=O) groups is 1. The van der Waals surface area contributed by atoms with Crippen molar-refractivity contribution in [2.45, 2.75) is 16.7 Å². The first-order valence-corrected chi connectivity index (χ1v) is 14.1. The third kappa shape index (κ3) is 6.15. The van der Waals surface area contributed by atoms with E-state index in [2.05, 4.69) is 19.4 Å². The fourth-order valence-electron chi connectivity index (χ4n) is 3.55. The number of aromatic nitrogens is 2. The molecule has 0 spiro atoms. The van der Waals surface area contributed by atoms with E-state index in [1.807, 2.05) is 0 Å². The van der Waals surface area contributed by atoms with Gasteiger partial charge in [0.2, 0.25) is 5.95 Å². The Morgan fingerprint density at radius 3 is 2.24 bits per heavy atom. The molecule has 1 fully saturated rings. The quantitative estimate of drug-likeness (QED) is 0.430. The Kier molecular flexibility index (Phi) is 7.61. The maximum atomic E-state index is 13.1. The first-order valence-electron chi connectivity index (χ1n) is 11.1. The zero-order valence-electron chi connectivity index (χ0n) is 20.0. The van der Waals surface area contributed by atoms with Gasteiger partial charge in [-0.15, -0.1) is 0 Å². The second-order valence-electron chi connectivity index (χ2n) is 8.02. The second-order valence-corrected chi connectivity index (χ2v) is 11.4. The van der Waals surface area contributed by atoms with Gasteiger partial charge in [-0.3, -0.25) is 9.52 Å². The predicted molar refractivity (Wildman–Crippen MR) is 135 cm³/mol. The van der Waals surface area contributed by atoms with Crippen LogP contribution < -0.4 is 14.2 Å². The molecule has 0 atom stereocenters. The minimum absolute atomic E-state index is 0.0771. The number of hydrogen-bond acceptors (Lipinski definition) is 9. The summed E-state index contributed by atoms with van der Waals surface area (Å²) in [5.41, 5.74) is 0.826. The Hall–Kier alpha value is -3.75. The van der Waals surface area contributed by atoms with E-state index in [9.17, 15) is 21.6 Å². The van der Waals surface area contributed by atoms with Crippen LogP contribution in [0.25, 0.3) is 0 Å². The lowest BCUT2D eigenvalue weighted by molar-refractivity contribution is 0.0300. The summed E-state index contributed by atoms with van der Waals surface area (Å²) in [5.74, 6) is -0.196. The number of methoxy groups -OCH3 is 1. The molecule has 1 amide bonds. The van der Waals surface area contributed by atoms with Gasteiger partial charge in [0.05, 0.1) is 35.7 Å². The molecule has 1 saturated heterocycles. The van der Waals surface area contributed by atoms with Crippen molar-refractivity contribution in [3.63, 3.8) is 0 Å². The number of nitrogens with zero attached hydrogens (tertiary/aromatic N) is 3. The summed E-state index contributed by atoms with van der Waals surface area (Å²) in [5, 5.41) is 0. The van der Waals surface area contributed by atoms with Crippen LogP contribution >= 0.6 is 0 Å². The van der Waals surface area contributed by atoms with Crippen molar-refractivity contribution in [3.8, 4) is 5.75 Å². The molecule has 1 aromatic heterocycles. The average molecular weight is 548 g/mol. The van der Waals surface area contributed by atoms with E-state index >= 15 is 0 Å². The van der Waals surface area contributed by atoms with Crippen molar-refractivity contribution < 1.29 is 31.1 Å². The third-order valence-corrected chi connectivity index (χ3v) is 8.17. The van der Waals surface area contributed by atoms with Crippen LogP contribution in [-0.2, 0) is 24.8 Å². The fraction of sp³-hybridized carbons (Fsp3) is 0.261. The highest BCUT2D eigenvalue weighted by molar-refractivity contribution is 7.93. The molecular weight excluding hydrogens is 522 g/mol. The molecule has 2 aromatic carbocycles. The molecule has 0 saturated carbocycles. The van der Waals surface area contributed by atoms with Crippen molar-refractivity contribution in [1.29, 1.82) is 0 Å². The number of sulfonamides is 2. The van der Waals surface area contributed by atoms with Crippen LogP contribution in [0.2, 0.25) is 0 Å². The minimum atomic E-state index is -4.11. The van der Waals surface area contributed by atoms with Crippen LogP contribution in [0, 0.1) is 6.92 Å². The summed E-state index contributed by atoms with van der Waals surface area (Å²) < 4.78 is 66.6. The first-order chi connectivity index (χ1) is 17.6. The highest BCUT2D eigenvalue weighted by Gasteiger charge is 2.25. The number of anilines is 2. The lowest BCUT2D eigenvalue weighted by Gasteiger charge is -2.27. The van der Waals surface area contributed by atoms with E-state index in [1.165, 1.54) is 55.8 Å². The van der Waals surface area contributed by atoms with Crippen LogP contribution in [0.1, 0.15) is 16.1 Å². The number of carbonyl (C=O) groups excluding carboxylic acids is 1. The van der Waals surface area contributed by atoms with Gasteiger partial charge >= 0.3 is 0 Å². The number of aryl methyl sites for hydroxylation is 1. The Labute approximate surface area is 214 Å². The number of hydrogen-bond donors (Lipinski definition) is 2. The standard InChI is InChI=1S/C23H25N5O7S2/c1-16-9-10-24-23(25-16)27-36(30,31)18-5-3-17(4-6-18)26-37(32,33)19-7-8-21(34-2)20(15-19)22(29)28-11-13-35-14-12-28/h3-10,15,26H,11-14H2,1-2H3,(H,24,25,27). The Morgan fingerprint density at radius 1 is 0.946 bits per heavy atom. The summed E-state index contributed by atoms with van der Waals surface area (Å²) in [6.07, 6.45) is 1.43. The van der Waals surface area contributed by atoms with Crippen molar-refractivity contribution in [1.82, 2.24) is 14.9 Å². The topological polar surface area (TPSA) is 157 Å². The summed E-state index contributed by atoms with van der Waals surface area (Å²) >= 11 is 0. The Bertz CT molecular complexity index is 1500. The number of rotatable bonds is 8. The van der Waals surface area contributed by atoms with E-state index in [1.54, 1.807) is 17.9 Å². The minimum Gasteiger partial charge on any atom is -0.496 e. The first kappa shape index (κ1) is 26.3. The van der Waals surface area contributed by atoms with Gasteiger partial charge in [0.1, 0.15) is 5.75 Å². The molecule has 37 heavy (non-hydrogen) atoms. The van der Waals surface area contributed by atoms with Crippen LogP contribution in [0.4, 0.5) is 11.6 Å². The van der Waals surface area contributed by atoms with Gasteiger partial charge in [0, 0.05) is 30.7 Å².